The molecule has 1 heterocycles. The van der Waals surface area contributed by atoms with Crippen molar-refractivity contribution in [1.82, 2.24) is 4.98 Å². The van der Waals surface area contributed by atoms with E-state index < -0.39 is 17.2 Å². The van der Waals surface area contributed by atoms with Crippen molar-refractivity contribution in [3.8, 4) is 0 Å². The van der Waals surface area contributed by atoms with Crippen molar-refractivity contribution >= 4 is 16.9 Å². The van der Waals surface area contributed by atoms with Crippen LogP contribution < -0.4 is 5.43 Å². The zero-order valence-electron chi connectivity index (χ0n) is 9.33. The molecular weight excluding hydrogens is 225 g/mol. The van der Waals surface area contributed by atoms with E-state index in [1.807, 2.05) is 0 Å². The number of methoxy groups -OCH3 is 1. The summed E-state index contributed by atoms with van der Waals surface area (Å²) in [5.41, 5.74) is 0.211. The molecule has 0 saturated carbocycles. The van der Waals surface area contributed by atoms with Crippen molar-refractivity contribution in [2.75, 3.05) is 7.11 Å². The predicted octanol–water partition coefficient (Wildman–Crippen LogP) is 1.76. The number of H-pyrrole nitrogens is 1. The number of nitrogens with one attached hydrogen (secondary N) is 1. The van der Waals surface area contributed by atoms with E-state index in [1.165, 1.54) is 19.2 Å². The fraction of sp³-hybridized carbons (Fsp3) is 0.167. The molecule has 5 heteroatoms. The maximum absolute atomic E-state index is 13.6. The van der Waals surface area contributed by atoms with Gasteiger partial charge in [-0.25, -0.2) is 9.18 Å². The number of rotatable bonds is 1. The third-order valence-corrected chi connectivity index (χ3v) is 2.55. The van der Waals surface area contributed by atoms with E-state index in [9.17, 15) is 14.0 Å². The van der Waals surface area contributed by atoms with Gasteiger partial charge < -0.3 is 9.72 Å². The quantitative estimate of drug-likeness (QED) is 0.766. The van der Waals surface area contributed by atoms with Gasteiger partial charge in [0.15, 0.2) is 5.43 Å². The number of carbonyl (C=O) groups is 1. The number of ether oxygens (including phenoxy) is 1. The summed E-state index contributed by atoms with van der Waals surface area (Å²) in [6, 6.07) is 3.87. The topological polar surface area (TPSA) is 59.2 Å². The van der Waals surface area contributed by atoms with Gasteiger partial charge in [-0.05, 0) is 18.6 Å². The number of aryl methyl sites for hydroxylation is 1. The maximum Gasteiger partial charge on any atom is 0.354 e. The van der Waals surface area contributed by atoms with Crippen molar-refractivity contribution in [2.45, 2.75) is 6.92 Å². The highest BCUT2D eigenvalue weighted by molar-refractivity contribution is 5.91. The Hall–Kier alpha value is -2.17. The molecule has 0 fully saturated rings. The first-order chi connectivity index (χ1) is 8.04. The molecular formula is C12H10FNO3. The molecule has 1 aromatic heterocycles. The molecule has 2 rings (SSSR count). The molecule has 1 N–H and O–H groups in total. The third kappa shape index (κ3) is 1.80. The molecule has 0 aliphatic heterocycles. The minimum atomic E-state index is -0.704. The minimum absolute atomic E-state index is 0.0258. The first kappa shape index (κ1) is 11.3. The summed E-state index contributed by atoms with van der Waals surface area (Å²) in [6.45, 7) is 1.70. The van der Waals surface area contributed by atoms with E-state index in [1.54, 1.807) is 6.92 Å². The standard InChI is InChI=1S/C12H10FNO3/c1-6-3-4-7(13)11-10(6)9(15)5-8(14-11)12(16)17-2/h3-5H,1-2H3,(H,14,15). The van der Waals surface area contributed by atoms with Gasteiger partial charge in [0.2, 0.25) is 0 Å². The van der Waals surface area contributed by atoms with Crippen LogP contribution in [-0.2, 0) is 4.74 Å². The Balaban J connectivity index is 2.87. The molecule has 0 spiro atoms. The first-order valence-electron chi connectivity index (χ1n) is 4.95. The number of aromatic nitrogens is 1. The molecule has 2 aromatic rings. The van der Waals surface area contributed by atoms with Crippen molar-refractivity contribution in [3.63, 3.8) is 0 Å². The number of benzene rings is 1. The Labute approximate surface area is 96.0 Å². The zero-order chi connectivity index (χ0) is 12.6. The lowest BCUT2D eigenvalue weighted by Crippen LogP contribution is -2.12. The van der Waals surface area contributed by atoms with Gasteiger partial charge in [-0.15, -0.1) is 0 Å². The second-order valence-electron chi connectivity index (χ2n) is 3.65. The van der Waals surface area contributed by atoms with Crippen LogP contribution in [0.5, 0.6) is 0 Å². The summed E-state index contributed by atoms with van der Waals surface area (Å²) >= 11 is 0. The van der Waals surface area contributed by atoms with Gasteiger partial charge >= 0.3 is 5.97 Å². The van der Waals surface area contributed by atoms with Crippen LogP contribution in [-0.4, -0.2) is 18.1 Å². The first-order valence-corrected chi connectivity index (χ1v) is 4.95. The van der Waals surface area contributed by atoms with Gasteiger partial charge in [0.05, 0.1) is 18.0 Å². The summed E-state index contributed by atoms with van der Waals surface area (Å²) in [6.07, 6.45) is 0. The van der Waals surface area contributed by atoms with Crippen LogP contribution in [0.15, 0.2) is 23.0 Å². The number of aromatic amines is 1. The van der Waals surface area contributed by atoms with Gasteiger partial charge in [0.1, 0.15) is 11.5 Å². The van der Waals surface area contributed by atoms with Crippen LogP contribution in [0, 0.1) is 12.7 Å². The maximum atomic E-state index is 13.6. The molecule has 0 radical (unpaired) electrons. The van der Waals surface area contributed by atoms with Crippen molar-refractivity contribution in [2.24, 2.45) is 0 Å². The third-order valence-electron chi connectivity index (χ3n) is 2.55. The molecule has 4 nitrogen and oxygen atoms in total. The molecule has 0 amide bonds. The number of pyridine rings is 1. The van der Waals surface area contributed by atoms with E-state index in [4.69, 9.17) is 0 Å². The number of halogens is 1. The number of fused-ring (bicyclic) bond motifs is 1. The second kappa shape index (κ2) is 4.01. The Morgan fingerprint density at radius 1 is 1.41 bits per heavy atom. The van der Waals surface area contributed by atoms with Crippen LogP contribution in [0.1, 0.15) is 16.1 Å². The molecule has 0 saturated heterocycles. The summed E-state index contributed by atoms with van der Waals surface area (Å²) in [4.78, 5) is 25.7. The lowest BCUT2D eigenvalue weighted by Gasteiger charge is -2.05. The van der Waals surface area contributed by atoms with E-state index in [-0.39, 0.29) is 16.6 Å². The van der Waals surface area contributed by atoms with Crippen LogP contribution in [0.3, 0.4) is 0 Å². The van der Waals surface area contributed by atoms with E-state index >= 15 is 0 Å². The molecule has 0 unspecified atom stereocenters. The molecule has 0 aliphatic carbocycles. The molecule has 17 heavy (non-hydrogen) atoms. The van der Waals surface area contributed by atoms with Gasteiger partial charge in [-0.3, -0.25) is 4.79 Å². The normalized spacial score (nSPS) is 10.5. The van der Waals surface area contributed by atoms with E-state index in [0.717, 1.165) is 6.07 Å². The highest BCUT2D eigenvalue weighted by Gasteiger charge is 2.13. The lowest BCUT2D eigenvalue weighted by atomic mass is 10.1. The largest absolute Gasteiger partial charge is 0.464 e. The number of hydrogen-bond acceptors (Lipinski definition) is 3. The Bertz CT molecular complexity index is 661. The van der Waals surface area contributed by atoms with Crippen LogP contribution in [0.25, 0.3) is 10.9 Å². The van der Waals surface area contributed by atoms with Crippen molar-refractivity contribution < 1.29 is 13.9 Å². The van der Waals surface area contributed by atoms with Gasteiger partial charge in [0.25, 0.3) is 0 Å². The second-order valence-corrected chi connectivity index (χ2v) is 3.65. The highest BCUT2D eigenvalue weighted by Crippen LogP contribution is 2.16. The average molecular weight is 235 g/mol. The number of hydrogen-bond donors (Lipinski definition) is 1. The van der Waals surface area contributed by atoms with Gasteiger partial charge in [0, 0.05) is 6.07 Å². The van der Waals surface area contributed by atoms with Crippen LogP contribution in [0.4, 0.5) is 4.39 Å². The highest BCUT2D eigenvalue weighted by atomic mass is 19.1. The Morgan fingerprint density at radius 3 is 2.76 bits per heavy atom. The summed E-state index contributed by atoms with van der Waals surface area (Å²) in [7, 11) is 1.19. The fourth-order valence-electron chi connectivity index (χ4n) is 1.72. The smallest absolute Gasteiger partial charge is 0.354 e. The molecule has 0 atom stereocenters. The average Bonchev–Trinajstić information content (AvgIpc) is 2.32. The number of carbonyl (C=O) groups excluding carboxylic acids is 1. The Kier molecular flexibility index (Phi) is 2.67. The summed E-state index contributed by atoms with van der Waals surface area (Å²) in [5, 5.41) is 0.248. The Morgan fingerprint density at radius 2 is 2.12 bits per heavy atom. The van der Waals surface area contributed by atoms with Crippen LogP contribution in [0.2, 0.25) is 0 Å². The fourth-order valence-corrected chi connectivity index (χ4v) is 1.72. The predicted molar refractivity (Wildman–Crippen MR) is 60.6 cm³/mol. The van der Waals surface area contributed by atoms with E-state index in [0.29, 0.717) is 5.56 Å². The lowest BCUT2D eigenvalue weighted by molar-refractivity contribution is 0.0594. The SMILES string of the molecule is COC(=O)c1cc(=O)c2c(C)ccc(F)c2[nH]1. The van der Waals surface area contributed by atoms with Gasteiger partial charge in [-0.1, -0.05) is 6.07 Å². The zero-order valence-corrected chi connectivity index (χ0v) is 9.33. The molecule has 0 aliphatic rings. The molecule has 0 bridgehead atoms. The minimum Gasteiger partial charge on any atom is -0.464 e. The van der Waals surface area contributed by atoms with E-state index in [2.05, 4.69) is 9.72 Å². The number of esters is 1. The molecule has 1 aromatic carbocycles. The van der Waals surface area contributed by atoms with Crippen LogP contribution >= 0.6 is 0 Å². The van der Waals surface area contributed by atoms with Gasteiger partial charge in [-0.2, -0.15) is 0 Å². The molecule has 88 valence electrons. The summed E-state index contributed by atoms with van der Waals surface area (Å²) in [5.74, 6) is -1.28. The monoisotopic (exact) mass is 235 g/mol. The van der Waals surface area contributed by atoms with Crippen molar-refractivity contribution in [1.29, 1.82) is 0 Å². The van der Waals surface area contributed by atoms with Crippen molar-refractivity contribution in [3.05, 3.63) is 45.5 Å². The summed E-state index contributed by atoms with van der Waals surface area (Å²) < 4.78 is 18.1.